The fourth-order valence-corrected chi connectivity index (χ4v) is 3.82. The molecule has 0 atom stereocenters. The van der Waals surface area contributed by atoms with E-state index in [1.165, 1.54) is 0 Å². The maximum atomic E-state index is 12.8. The van der Waals surface area contributed by atoms with Gasteiger partial charge < -0.3 is 15.2 Å². The molecule has 0 radical (unpaired) electrons. The number of nitrogens with zero attached hydrogens (tertiary/aromatic N) is 4. The topological polar surface area (TPSA) is 94.2 Å². The molecular weight excluding hydrogens is 358 g/mol. The number of hydrogen-bond acceptors (Lipinski definition) is 6. The summed E-state index contributed by atoms with van der Waals surface area (Å²) in [5.74, 6) is 1.17. The normalized spacial score (nSPS) is 19.7. The molecule has 1 saturated carbocycles. The third kappa shape index (κ3) is 3.24. The summed E-state index contributed by atoms with van der Waals surface area (Å²) < 4.78 is 8.63. The third-order valence-corrected chi connectivity index (χ3v) is 5.56. The van der Waals surface area contributed by atoms with Gasteiger partial charge in [0.25, 0.3) is 0 Å². The van der Waals surface area contributed by atoms with E-state index < -0.39 is 0 Å². The van der Waals surface area contributed by atoms with Crippen molar-refractivity contribution in [3.63, 3.8) is 0 Å². The fourth-order valence-electron chi connectivity index (χ4n) is 3.82. The Morgan fingerprint density at radius 3 is 2.71 bits per heavy atom. The molecule has 4 rings (SSSR count). The van der Waals surface area contributed by atoms with Crippen molar-refractivity contribution in [1.29, 1.82) is 0 Å². The van der Waals surface area contributed by atoms with Crippen LogP contribution in [0.15, 0.2) is 29.2 Å². The average molecular weight is 383 g/mol. The summed E-state index contributed by atoms with van der Waals surface area (Å²) >= 11 is 0. The van der Waals surface area contributed by atoms with Crippen LogP contribution in [0.4, 0.5) is 11.6 Å². The molecule has 0 saturated heterocycles. The van der Waals surface area contributed by atoms with Crippen LogP contribution < -0.4 is 15.7 Å². The Labute approximate surface area is 162 Å². The summed E-state index contributed by atoms with van der Waals surface area (Å²) in [5.41, 5.74) is 3.11. The number of hydrogen-bond donors (Lipinski definition) is 2. The first-order chi connectivity index (χ1) is 13.5. The molecular formula is C20H25N5O3. The molecule has 0 bridgehead atoms. The Morgan fingerprint density at radius 2 is 2.00 bits per heavy atom. The van der Waals surface area contributed by atoms with Crippen molar-refractivity contribution in [3.05, 3.63) is 40.4 Å². The summed E-state index contributed by atoms with van der Waals surface area (Å²) in [6.45, 7) is 1.99. The second kappa shape index (κ2) is 7.27. The van der Waals surface area contributed by atoms with Crippen LogP contribution in [0.3, 0.4) is 0 Å². The first kappa shape index (κ1) is 18.5. The molecule has 0 unspecified atom stereocenters. The summed E-state index contributed by atoms with van der Waals surface area (Å²) in [4.78, 5) is 21.9. The van der Waals surface area contributed by atoms with Gasteiger partial charge in [-0.3, -0.25) is 9.13 Å². The zero-order valence-electron chi connectivity index (χ0n) is 16.3. The number of aromatic nitrogens is 4. The second-order valence-electron chi connectivity index (χ2n) is 7.38. The second-order valence-corrected chi connectivity index (χ2v) is 7.38. The summed E-state index contributed by atoms with van der Waals surface area (Å²) in [6.07, 6.45) is 4.34. The van der Waals surface area contributed by atoms with Gasteiger partial charge in [0.05, 0.1) is 19.4 Å². The number of aryl methyl sites for hydroxylation is 2. The molecule has 0 spiro atoms. The lowest BCUT2D eigenvalue weighted by Crippen LogP contribution is -2.30. The van der Waals surface area contributed by atoms with Crippen molar-refractivity contribution in [2.24, 2.45) is 7.05 Å². The number of fused-ring (bicyclic) bond motifs is 1. The van der Waals surface area contributed by atoms with Crippen molar-refractivity contribution in [2.45, 2.75) is 44.8 Å². The first-order valence-corrected chi connectivity index (χ1v) is 9.51. The van der Waals surface area contributed by atoms with Crippen LogP contribution in [0, 0.1) is 6.92 Å². The van der Waals surface area contributed by atoms with E-state index in [4.69, 9.17) is 4.74 Å². The van der Waals surface area contributed by atoms with Gasteiger partial charge in [-0.2, -0.15) is 4.98 Å². The lowest BCUT2D eigenvalue weighted by Gasteiger charge is -2.26. The maximum Gasteiger partial charge on any atom is 0.330 e. The van der Waals surface area contributed by atoms with Crippen molar-refractivity contribution in [2.75, 3.05) is 12.4 Å². The minimum absolute atomic E-state index is 0.0425. The lowest BCUT2D eigenvalue weighted by atomic mass is 9.93. The summed E-state index contributed by atoms with van der Waals surface area (Å²) in [5, 5.41) is 13.0. The van der Waals surface area contributed by atoms with Crippen LogP contribution in [0.25, 0.3) is 11.2 Å². The number of nitrogens with one attached hydrogen (secondary N) is 1. The summed E-state index contributed by atoms with van der Waals surface area (Å²) in [6, 6.07) is 5.80. The van der Waals surface area contributed by atoms with Crippen molar-refractivity contribution < 1.29 is 9.84 Å². The van der Waals surface area contributed by atoms with E-state index in [0.29, 0.717) is 30.0 Å². The van der Waals surface area contributed by atoms with Gasteiger partial charge in [-0.1, -0.05) is 6.07 Å². The average Bonchev–Trinajstić information content (AvgIpc) is 2.94. The monoisotopic (exact) mass is 383 g/mol. The molecule has 2 aromatic heterocycles. The molecule has 148 valence electrons. The highest BCUT2D eigenvalue weighted by molar-refractivity contribution is 5.73. The Hall–Kier alpha value is -2.87. The van der Waals surface area contributed by atoms with E-state index in [1.54, 1.807) is 29.5 Å². The molecule has 1 fully saturated rings. The Bertz CT molecular complexity index is 1060. The molecule has 0 amide bonds. The van der Waals surface area contributed by atoms with Gasteiger partial charge in [-0.15, -0.1) is 0 Å². The predicted molar refractivity (Wildman–Crippen MR) is 107 cm³/mol. The largest absolute Gasteiger partial charge is 0.497 e. The minimum Gasteiger partial charge on any atom is -0.497 e. The van der Waals surface area contributed by atoms with Gasteiger partial charge in [-0.05, 0) is 44.2 Å². The molecule has 8 nitrogen and oxygen atoms in total. The van der Waals surface area contributed by atoms with Gasteiger partial charge in [-0.25, -0.2) is 9.78 Å². The molecule has 28 heavy (non-hydrogen) atoms. The molecule has 2 heterocycles. The Morgan fingerprint density at radius 1 is 1.25 bits per heavy atom. The van der Waals surface area contributed by atoms with Gasteiger partial charge in [0, 0.05) is 24.8 Å². The highest BCUT2D eigenvalue weighted by Gasteiger charge is 2.25. The van der Waals surface area contributed by atoms with Crippen LogP contribution in [0.1, 0.15) is 37.3 Å². The first-order valence-electron chi connectivity index (χ1n) is 9.51. The van der Waals surface area contributed by atoms with Crippen LogP contribution in [-0.4, -0.2) is 37.4 Å². The van der Waals surface area contributed by atoms with E-state index >= 15 is 0 Å². The molecule has 2 N–H and O–H groups in total. The summed E-state index contributed by atoms with van der Waals surface area (Å²) in [7, 11) is 3.36. The van der Waals surface area contributed by atoms with Gasteiger partial charge in [0.1, 0.15) is 11.3 Å². The number of rotatable bonds is 4. The SMILES string of the molecule is COc1ccc(C)c(Nc2ncc3c(n2)n(C2CCC(O)CC2)c(=O)n3C)c1. The van der Waals surface area contributed by atoms with Crippen LogP contribution in [0.2, 0.25) is 0 Å². The van der Waals surface area contributed by atoms with E-state index in [1.807, 2.05) is 25.1 Å². The zero-order chi connectivity index (χ0) is 19.8. The quantitative estimate of drug-likeness (QED) is 0.719. The standard InChI is InChI=1S/C20H25N5O3/c1-12-4-9-15(28-3)10-16(12)22-19-21-11-17-18(23-19)25(20(27)24(17)2)13-5-7-14(26)8-6-13/h4,9-11,13-14,26H,5-8H2,1-3H3,(H,21,22,23). The van der Waals surface area contributed by atoms with Crippen LogP contribution in [-0.2, 0) is 7.05 Å². The molecule has 1 aromatic carbocycles. The number of benzene rings is 1. The highest BCUT2D eigenvalue weighted by Crippen LogP contribution is 2.30. The molecule has 0 aliphatic heterocycles. The molecule has 8 heteroatoms. The predicted octanol–water partition coefficient (Wildman–Crippen LogP) is 2.67. The molecule has 1 aliphatic carbocycles. The number of aliphatic hydroxyl groups is 1. The van der Waals surface area contributed by atoms with Crippen LogP contribution in [0.5, 0.6) is 5.75 Å². The van der Waals surface area contributed by atoms with Crippen molar-refractivity contribution >= 4 is 22.8 Å². The minimum atomic E-state index is -0.273. The van der Waals surface area contributed by atoms with E-state index in [0.717, 1.165) is 29.8 Å². The van der Waals surface area contributed by atoms with Crippen molar-refractivity contribution in [1.82, 2.24) is 19.1 Å². The number of anilines is 2. The number of ether oxygens (including phenoxy) is 1. The zero-order valence-corrected chi connectivity index (χ0v) is 16.3. The van der Waals surface area contributed by atoms with Gasteiger partial charge in [0.2, 0.25) is 5.95 Å². The smallest absolute Gasteiger partial charge is 0.330 e. The number of aliphatic hydroxyl groups excluding tert-OH is 1. The van der Waals surface area contributed by atoms with Crippen LogP contribution >= 0.6 is 0 Å². The maximum absolute atomic E-state index is 12.8. The lowest BCUT2D eigenvalue weighted by molar-refractivity contribution is 0.110. The fraction of sp³-hybridized carbons (Fsp3) is 0.450. The van der Waals surface area contributed by atoms with E-state index in [-0.39, 0.29) is 17.8 Å². The van der Waals surface area contributed by atoms with E-state index in [9.17, 15) is 9.90 Å². The van der Waals surface area contributed by atoms with Gasteiger partial charge >= 0.3 is 5.69 Å². The highest BCUT2D eigenvalue weighted by atomic mass is 16.5. The van der Waals surface area contributed by atoms with Crippen molar-refractivity contribution in [3.8, 4) is 5.75 Å². The third-order valence-electron chi connectivity index (χ3n) is 5.56. The molecule has 3 aromatic rings. The number of imidazole rings is 1. The van der Waals surface area contributed by atoms with E-state index in [2.05, 4.69) is 15.3 Å². The Balaban J connectivity index is 1.74. The van der Waals surface area contributed by atoms with Gasteiger partial charge in [0.15, 0.2) is 5.65 Å². The number of methoxy groups -OCH3 is 1. The molecule has 1 aliphatic rings. The Kier molecular flexibility index (Phi) is 4.80.